The van der Waals surface area contributed by atoms with E-state index in [1.165, 1.54) is 7.05 Å². The van der Waals surface area contributed by atoms with Crippen LogP contribution < -0.4 is 16.0 Å². The van der Waals surface area contributed by atoms with Crippen LogP contribution in [0, 0.1) is 0 Å². The second-order valence-corrected chi connectivity index (χ2v) is 3.85. The predicted molar refractivity (Wildman–Crippen MR) is 64.2 cm³/mol. The summed E-state index contributed by atoms with van der Waals surface area (Å²) >= 11 is 0. The molecule has 0 radical (unpaired) electrons. The van der Waals surface area contributed by atoms with Crippen molar-refractivity contribution >= 4 is 11.9 Å². The van der Waals surface area contributed by atoms with E-state index in [-0.39, 0.29) is 11.9 Å². The summed E-state index contributed by atoms with van der Waals surface area (Å²) in [5, 5.41) is 7.80. The van der Waals surface area contributed by atoms with Gasteiger partial charge in [0.1, 0.15) is 0 Å². The summed E-state index contributed by atoms with van der Waals surface area (Å²) in [6.45, 7) is 5.95. The Kier molecular flexibility index (Phi) is 7.54. The van der Waals surface area contributed by atoms with Crippen molar-refractivity contribution in [2.24, 2.45) is 0 Å². The number of hydrogen-bond acceptors (Lipinski definition) is 3. The van der Waals surface area contributed by atoms with Crippen LogP contribution >= 0.6 is 0 Å². The maximum absolute atomic E-state index is 11.5. The van der Waals surface area contributed by atoms with Crippen molar-refractivity contribution in [3.8, 4) is 0 Å². The molecule has 0 aromatic heterocycles. The Bertz CT molecular complexity index is 231. The number of nitrogens with one attached hydrogen (secondary N) is 3. The molecule has 5 heteroatoms. The van der Waals surface area contributed by atoms with Crippen molar-refractivity contribution in [1.29, 1.82) is 0 Å². The molecule has 0 aliphatic carbocycles. The quantitative estimate of drug-likeness (QED) is 0.636. The summed E-state index contributed by atoms with van der Waals surface area (Å²) < 4.78 is 0. The minimum atomic E-state index is -0.470. The van der Waals surface area contributed by atoms with Crippen molar-refractivity contribution < 1.29 is 9.59 Å². The van der Waals surface area contributed by atoms with Gasteiger partial charge in [-0.05, 0) is 19.8 Å². The van der Waals surface area contributed by atoms with Crippen molar-refractivity contribution in [3.63, 3.8) is 0 Å². The lowest BCUT2D eigenvalue weighted by Gasteiger charge is -2.20. The van der Waals surface area contributed by atoms with Crippen LogP contribution in [0.2, 0.25) is 0 Å². The minimum Gasteiger partial charge on any atom is -0.341 e. The Balaban J connectivity index is 4.07. The summed E-state index contributed by atoms with van der Waals surface area (Å²) in [5.41, 5.74) is 0. The molecule has 0 bridgehead atoms. The maximum Gasteiger partial charge on any atom is 0.321 e. The lowest BCUT2D eigenvalue weighted by Crippen LogP contribution is -2.49. The van der Waals surface area contributed by atoms with Gasteiger partial charge in [0.25, 0.3) is 0 Å². The Morgan fingerprint density at radius 3 is 2.31 bits per heavy atom. The van der Waals surface area contributed by atoms with Gasteiger partial charge in [-0.2, -0.15) is 0 Å². The van der Waals surface area contributed by atoms with Crippen molar-refractivity contribution in [1.82, 2.24) is 16.0 Å². The number of carbonyl (C=O) groups excluding carboxylic acids is 2. The summed E-state index contributed by atoms with van der Waals surface area (Å²) in [6, 6.07) is -0.494. The highest BCUT2D eigenvalue weighted by Crippen LogP contribution is 2.02. The third kappa shape index (κ3) is 5.70. The van der Waals surface area contributed by atoms with Gasteiger partial charge in [-0.25, -0.2) is 4.79 Å². The molecule has 5 nitrogen and oxygen atoms in total. The Hall–Kier alpha value is -1.10. The molecule has 2 unspecified atom stereocenters. The van der Waals surface area contributed by atoms with Gasteiger partial charge in [0.15, 0.2) is 0 Å². The number of hydrogen-bond donors (Lipinski definition) is 3. The average molecular weight is 229 g/mol. The molecule has 0 aromatic carbocycles. The normalized spacial score (nSPS) is 14.0. The first-order chi connectivity index (χ1) is 7.54. The van der Waals surface area contributed by atoms with E-state index in [2.05, 4.69) is 29.8 Å². The first kappa shape index (κ1) is 14.9. The van der Waals surface area contributed by atoms with Crippen LogP contribution in [0.25, 0.3) is 0 Å². The van der Waals surface area contributed by atoms with E-state index in [9.17, 15) is 9.59 Å². The summed E-state index contributed by atoms with van der Waals surface area (Å²) in [4.78, 5) is 22.5. The lowest BCUT2D eigenvalue weighted by atomic mass is 10.1. The van der Waals surface area contributed by atoms with Gasteiger partial charge in [-0.15, -0.1) is 0 Å². The minimum absolute atomic E-state index is 0.297. The zero-order chi connectivity index (χ0) is 12.6. The zero-order valence-electron chi connectivity index (χ0n) is 10.6. The predicted octanol–water partition coefficient (Wildman–Crippen LogP) is 0.999. The molecule has 2 atom stereocenters. The molecule has 16 heavy (non-hydrogen) atoms. The highest BCUT2D eigenvalue weighted by molar-refractivity contribution is 5.96. The summed E-state index contributed by atoms with van der Waals surface area (Å²) in [5.74, 6) is -0.297. The zero-order valence-corrected chi connectivity index (χ0v) is 10.6. The van der Waals surface area contributed by atoms with E-state index in [1.54, 1.807) is 6.92 Å². The largest absolute Gasteiger partial charge is 0.341 e. The molecule has 0 aliphatic heterocycles. The maximum atomic E-state index is 11.5. The average Bonchev–Trinajstić information content (AvgIpc) is 2.27. The SMILES string of the molecule is CCCC(CC)NC(C)C(=O)NC(=O)NC. The fourth-order valence-electron chi connectivity index (χ4n) is 1.47. The highest BCUT2D eigenvalue weighted by atomic mass is 16.2. The van der Waals surface area contributed by atoms with Crippen molar-refractivity contribution in [2.75, 3.05) is 7.05 Å². The van der Waals surface area contributed by atoms with E-state index in [1.807, 2.05) is 0 Å². The van der Waals surface area contributed by atoms with E-state index in [0.29, 0.717) is 6.04 Å². The monoisotopic (exact) mass is 229 g/mol. The molecule has 3 amide bonds. The van der Waals surface area contributed by atoms with Crippen LogP contribution in [0.4, 0.5) is 4.79 Å². The second kappa shape index (κ2) is 8.10. The van der Waals surface area contributed by atoms with Crippen LogP contribution in [-0.2, 0) is 4.79 Å². The van der Waals surface area contributed by atoms with E-state index in [4.69, 9.17) is 0 Å². The highest BCUT2D eigenvalue weighted by Gasteiger charge is 2.17. The third-order valence-electron chi connectivity index (χ3n) is 2.47. The van der Waals surface area contributed by atoms with Gasteiger partial charge in [-0.1, -0.05) is 20.3 Å². The van der Waals surface area contributed by atoms with Crippen LogP contribution in [0.5, 0.6) is 0 Å². The molecule has 0 aliphatic rings. The first-order valence-electron chi connectivity index (χ1n) is 5.83. The fraction of sp³-hybridized carbons (Fsp3) is 0.818. The number of amides is 3. The van der Waals surface area contributed by atoms with Gasteiger partial charge < -0.3 is 10.6 Å². The van der Waals surface area contributed by atoms with Crippen LogP contribution in [-0.4, -0.2) is 31.1 Å². The van der Waals surface area contributed by atoms with Gasteiger partial charge >= 0.3 is 6.03 Å². The van der Waals surface area contributed by atoms with Gasteiger partial charge in [-0.3, -0.25) is 10.1 Å². The Morgan fingerprint density at radius 2 is 1.88 bits per heavy atom. The number of imide groups is 1. The third-order valence-corrected chi connectivity index (χ3v) is 2.47. The van der Waals surface area contributed by atoms with E-state index >= 15 is 0 Å². The summed E-state index contributed by atoms with van der Waals surface area (Å²) in [6.07, 6.45) is 3.09. The molecular weight excluding hydrogens is 206 g/mol. The number of rotatable bonds is 6. The molecule has 0 aromatic rings. The van der Waals surface area contributed by atoms with Gasteiger partial charge in [0, 0.05) is 13.1 Å². The molecule has 94 valence electrons. The molecule has 0 heterocycles. The summed E-state index contributed by atoms with van der Waals surface area (Å²) in [7, 11) is 1.48. The standard InChI is InChI=1S/C11H23N3O2/c1-5-7-9(6-2)13-8(3)10(15)14-11(16)12-4/h8-9,13H,5-7H2,1-4H3,(H2,12,14,15,16). The second-order valence-electron chi connectivity index (χ2n) is 3.85. The molecule has 0 saturated carbocycles. The van der Waals surface area contributed by atoms with Crippen molar-refractivity contribution in [2.45, 2.75) is 52.1 Å². The van der Waals surface area contributed by atoms with E-state index < -0.39 is 6.03 Å². The lowest BCUT2D eigenvalue weighted by molar-refractivity contribution is -0.121. The molecule has 0 saturated heterocycles. The molecule has 3 N–H and O–H groups in total. The molecule has 0 fully saturated rings. The van der Waals surface area contributed by atoms with Crippen LogP contribution in [0.1, 0.15) is 40.0 Å². The van der Waals surface area contributed by atoms with Crippen LogP contribution in [0.15, 0.2) is 0 Å². The smallest absolute Gasteiger partial charge is 0.321 e. The van der Waals surface area contributed by atoms with Crippen molar-refractivity contribution in [3.05, 3.63) is 0 Å². The molecule has 0 spiro atoms. The number of urea groups is 1. The molecular formula is C11H23N3O2. The topological polar surface area (TPSA) is 70.2 Å². The Labute approximate surface area is 97.4 Å². The van der Waals surface area contributed by atoms with Gasteiger partial charge in [0.2, 0.25) is 5.91 Å². The molecule has 0 rings (SSSR count). The fourth-order valence-corrected chi connectivity index (χ4v) is 1.47. The number of carbonyl (C=O) groups is 2. The first-order valence-corrected chi connectivity index (χ1v) is 5.83. The van der Waals surface area contributed by atoms with Gasteiger partial charge in [0.05, 0.1) is 6.04 Å². The van der Waals surface area contributed by atoms with E-state index in [0.717, 1.165) is 19.3 Å². The Morgan fingerprint density at radius 1 is 1.25 bits per heavy atom. The van der Waals surface area contributed by atoms with Crippen LogP contribution in [0.3, 0.4) is 0 Å².